The molecule has 30 heavy (non-hydrogen) atoms. The van der Waals surface area contributed by atoms with Gasteiger partial charge >= 0.3 is 5.97 Å². The zero-order valence-electron chi connectivity index (χ0n) is 16.5. The second kappa shape index (κ2) is 8.93. The molecule has 2 aromatic carbocycles. The van der Waals surface area contributed by atoms with Crippen molar-refractivity contribution in [3.8, 4) is 0 Å². The average molecular weight is 434 g/mol. The molecule has 9 heteroatoms. The first-order valence-corrected chi connectivity index (χ1v) is 11.1. The van der Waals surface area contributed by atoms with Gasteiger partial charge < -0.3 is 10.4 Å². The Kier molecular flexibility index (Phi) is 6.52. The molecule has 1 saturated heterocycles. The number of carbonyl (C=O) groups is 2. The summed E-state index contributed by atoms with van der Waals surface area (Å²) in [5, 5.41) is 11.8. The van der Waals surface area contributed by atoms with Crippen molar-refractivity contribution >= 4 is 27.6 Å². The maximum atomic E-state index is 14.3. The van der Waals surface area contributed by atoms with Crippen molar-refractivity contribution in [2.75, 3.05) is 18.4 Å². The standard InChI is InChI=1S/C21H23FN2O5S/c1-2-14-5-7-16(8-6-14)23-20(25)18-12-17(9-10-19(18)22)30(28,29)24-11-3-4-15(13-24)21(26)27/h5-10,12,15H,2-4,11,13H2,1H3,(H,23,25)(H,26,27). The lowest BCUT2D eigenvalue weighted by molar-refractivity contribution is -0.142. The van der Waals surface area contributed by atoms with Crippen molar-refractivity contribution in [3.05, 3.63) is 59.4 Å². The average Bonchev–Trinajstić information content (AvgIpc) is 2.74. The van der Waals surface area contributed by atoms with E-state index in [4.69, 9.17) is 0 Å². The molecule has 1 fully saturated rings. The summed E-state index contributed by atoms with van der Waals surface area (Å²) in [5.41, 5.74) is 1.14. The van der Waals surface area contributed by atoms with Crippen molar-refractivity contribution in [1.82, 2.24) is 4.31 Å². The van der Waals surface area contributed by atoms with Crippen LogP contribution in [0, 0.1) is 11.7 Å². The van der Waals surface area contributed by atoms with E-state index in [0.29, 0.717) is 18.5 Å². The van der Waals surface area contributed by atoms with E-state index in [1.165, 1.54) is 0 Å². The smallest absolute Gasteiger partial charge is 0.307 e. The fraction of sp³-hybridized carbons (Fsp3) is 0.333. The highest BCUT2D eigenvalue weighted by molar-refractivity contribution is 7.89. The van der Waals surface area contributed by atoms with E-state index >= 15 is 0 Å². The highest BCUT2D eigenvalue weighted by Crippen LogP contribution is 2.25. The summed E-state index contributed by atoms with van der Waals surface area (Å²) in [6.45, 7) is 2.02. The Hall–Kier alpha value is -2.78. The van der Waals surface area contributed by atoms with Crippen LogP contribution in [0.3, 0.4) is 0 Å². The molecule has 7 nitrogen and oxygen atoms in total. The summed E-state index contributed by atoms with van der Waals surface area (Å²) in [6, 6.07) is 10.1. The van der Waals surface area contributed by atoms with E-state index in [-0.39, 0.29) is 18.0 Å². The van der Waals surface area contributed by atoms with Gasteiger partial charge in [-0.15, -0.1) is 0 Å². The quantitative estimate of drug-likeness (QED) is 0.727. The molecular weight excluding hydrogens is 411 g/mol. The first kappa shape index (κ1) is 21.9. The van der Waals surface area contributed by atoms with Crippen molar-refractivity contribution in [1.29, 1.82) is 0 Å². The molecule has 0 aliphatic carbocycles. The van der Waals surface area contributed by atoms with Gasteiger partial charge in [0.15, 0.2) is 0 Å². The van der Waals surface area contributed by atoms with Gasteiger partial charge in [0, 0.05) is 18.8 Å². The largest absolute Gasteiger partial charge is 0.481 e. The molecule has 3 rings (SSSR count). The van der Waals surface area contributed by atoms with Gasteiger partial charge in [0.05, 0.1) is 16.4 Å². The number of sulfonamides is 1. The number of anilines is 1. The summed E-state index contributed by atoms with van der Waals surface area (Å²) in [6.07, 6.45) is 1.65. The second-order valence-corrected chi connectivity index (χ2v) is 9.12. The lowest BCUT2D eigenvalue weighted by Crippen LogP contribution is -2.42. The molecule has 1 aliphatic rings. The number of hydrogen-bond donors (Lipinski definition) is 2. The number of amides is 1. The monoisotopic (exact) mass is 434 g/mol. The molecule has 2 N–H and O–H groups in total. The molecule has 1 atom stereocenters. The molecule has 1 heterocycles. The molecule has 1 amide bonds. The molecule has 2 aromatic rings. The minimum Gasteiger partial charge on any atom is -0.481 e. The van der Waals surface area contributed by atoms with Crippen LogP contribution in [0.2, 0.25) is 0 Å². The van der Waals surface area contributed by atoms with Gasteiger partial charge in [-0.25, -0.2) is 12.8 Å². The number of carboxylic acid groups (broad SMARTS) is 1. The third-order valence-electron chi connectivity index (χ3n) is 5.17. The number of nitrogens with zero attached hydrogens (tertiary/aromatic N) is 1. The molecule has 0 aromatic heterocycles. The van der Waals surface area contributed by atoms with Crippen LogP contribution in [-0.4, -0.2) is 42.8 Å². The van der Waals surface area contributed by atoms with Crippen molar-refractivity contribution in [3.63, 3.8) is 0 Å². The topological polar surface area (TPSA) is 104 Å². The summed E-state index contributed by atoms with van der Waals surface area (Å²) in [5.74, 6) is -3.46. The maximum Gasteiger partial charge on any atom is 0.307 e. The van der Waals surface area contributed by atoms with Gasteiger partial charge in [-0.2, -0.15) is 4.31 Å². The maximum absolute atomic E-state index is 14.3. The molecule has 0 spiro atoms. The molecule has 160 valence electrons. The molecule has 1 aliphatic heterocycles. The van der Waals surface area contributed by atoms with E-state index in [9.17, 15) is 27.5 Å². The van der Waals surface area contributed by atoms with Crippen LogP contribution in [0.1, 0.15) is 35.7 Å². The first-order valence-electron chi connectivity index (χ1n) is 9.65. The number of halogens is 1. The van der Waals surface area contributed by atoms with Crippen LogP contribution in [0.5, 0.6) is 0 Å². The molecule has 0 saturated carbocycles. The van der Waals surface area contributed by atoms with Gasteiger partial charge in [-0.1, -0.05) is 19.1 Å². The lowest BCUT2D eigenvalue weighted by Gasteiger charge is -2.29. The molecular formula is C21H23FN2O5S. The van der Waals surface area contributed by atoms with Gasteiger partial charge in [0.2, 0.25) is 10.0 Å². The minimum atomic E-state index is -4.06. The van der Waals surface area contributed by atoms with Crippen LogP contribution in [0.25, 0.3) is 0 Å². The first-order chi connectivity index (χ1) is 14.2. The van der Waals surface area contributed by atoms with Gasteiger partial charge in [0.1, 0.15) is 5.82 Å². The predicted molar refractivity (Wildman–Crippen MR) is 109 cm³/mol. The van der Waals surface area contributed by atoms with Crippen LogP contribution in [-0.2, 0) is 21.2 Å². The number of nitrogens with one attached hydrogen (secondary N) is 1. The third-order valence-corrected chi connectivity index (χ3v) is 7.03. The highest BCUT2D eigenvalue weighted by atomic mass is 32.2. The van der Waals surface area contributed by atoms with Crippen LogP contribution in [0.4, 0.5) is 10.1 Å². The molecule has 1 unspecified atom stereocenters. The number of carboxylic acids is 1. The predicted octanol–water partition coefficient (Wildman–Crippen LogP) is 3.13. The second-order valence-electron chi connectivity index (χ2n) is 7.19. The Bertz CT molecular complexity index is 1050. The summed E-state index contributed by atoms with van der Waals surface area (Å²) in [7, 11) is -4.06. The summed E-state index contributed by atoms with van der Waals surface area (Å²) in [4.78, 5) is 23.5. The number of aryl methyl sites for hydroxylation is 1. The highest BCUT2D eigenvalue weighted by Gasteiger charge is 2.33. The van der Waals surface area contributed by atoms with Crippen LogP contribution < -0.4 is 5.32 Å². The van der Waals surface area contributed by atoms with Crippen molar-refractivity contribution in [2.24, 2.45) is 5.92 Å². The lowest BCUT2D eigenvalue weighted by atomic mass is 10.0. The summed E-state index contributed by atoms with van der Waals surface area (Å²) < 4.78 is 41.3. The zero-order valence-corrected chi connectivity index (χ0v) is 17.3. The van der Waals surface area contributed by atoms with Gasteiger partial charge in [-0.3, -0.25) is 9.59 Å². The molecule has 0 radical (unpaired) electrons. The number of carbonyl (C=O) groups excluding carboxylic acids is 1. The Balaban J connectivity index is 1.84. The number of aliphatic carboxylic acids is 1. The fourth-order valence-corrected chi connectivity index (χ4v) is 4.92. The molecule has 0 bridgehead atoms. The van der Waals surface area contributed by atoms with Gasteiger partial charge in [0.25, 0.3) is 5.91 Å². The number of hydrogen-bond acceptors (Lipinski definition) is 4. The Labute approximate surface area is 174 Å². The Morgan fingerprint density at radius 2 is 1.90 bits per heavy atom. The number of benzene rings is 2. The van der Waals surface area contributed by atoms with Crippen LogP contribution >= 0.6 is 0 Å². The number of piperidine rings is 1. The Morgan fingerprint density at radius 3 is 2.53 bits per heavy atom. The van der Waals surface area contributed by atoms with E-state index in [1.54, 1.807) is 12.1 Å². The Morgan fingerprint density at radius 1 is 1.20 bits per heavy atom. The van der Waals surface area contributed by atoms with Crippen LogP contribution in [0.15, 0.2) is 47.4 Å². The van der Waals surface area contributed by atoms with E-state index < -0.39 is 39.2 Å². The number of rotatable bonds is 6. The van der Waals surface area contributed by atoms with Crippen molar-refractivity contribution < 1.29 is 27.5 Å². The van der Waals surface area contributed by atoms with Crippen molar-refractivity contribution in [2.45, 2.75) is 31.1 Å². The minimum absolute atomic E-state index is 0.152. The third kappa shape index (κ3) is 4.68. The van der Waals surface area contributed by atoms with E-state index in [1.807, 2.05) is 19.1 Å². The van der Waals surface area contributed by atoms with E-state index in [0.717, 1.165) is 34.5 Å². The fourth-order valence-electron chi connectivity index (χ4n) is 3.37. The normalized spacial score (nSPS) is 17.5. The summed E-state index contributed by atoms with van der Waals surface area (Å²) >= 11 is 0. The van der Waals surface area contributed by atoms with E-state index in [2.05, 4.69) is 5.32 Å². The van der Waals surface area contributed by atoms with Gasteiger partial charge in [-0.05, 0) is 55.2 Å². The SMILES string of the molecule is CCc1ccc(NC(=O)c2cc(S(=O)(=O)N3CCCC(C(=O)O)C3)ccc2F)cc1. The zero-order chi connectivity index (χ0) is 21.9.